The van der Waals surface area contributed by atoms with Crippen LogP contribution in [0.15, 0.2) is 54.2 Å². The second-order valence-corrected chi connectivity index (χ2v) is 5.85. The maximum atomic E-state index is 12.8. The third-order valence-electron chi connectivity index (χ3n) is 3.73. The highest BCUT2D eigenvalue weighted by atomic mass is 35.5. The number of ketones is 1. The lowest BCUT2D eigenvalue weighted by atomic mass is 10.0. The van der Waals surface area contributed by atoms with Crippen molar-refractivity contribution in [3.63, 3.8) is 0 Å². The van der Waals surface area contributed by atoms with Crippen LogP contribution in [0.1, 0.15) is 15.9 Å². The van der Waals surface area contributed by atoms with E-state index >= 15 is 0 Å². The molecule has 126 valence electrons. The first-order chi connectivity index (χ1) is 12.6. The average molecular weight is 362 g/mol. The molecule has 0 saturated heterocycles. The third-order valence-corrected chi connectivity index (χ3v) is 3.96. The number of rotatable bonds is 5. The van der Waals surface area contributed by atoms with Crippen LogP contribution in [0.25, 0.3) is 17.0 Å². The number of halogens is 1. The molecule has 5 nitrogen and oxygen atoms in total. The summed E-state index contributed by atoms with van der Waals surface area (Å²) in [5, 5.41) is 19.3. The molecule has 0 fully saturated rings. The van der Waals surface area contributed by atoms with Gasteiger partial charge in [0.05, 0.1) is 0 Å². The van der Waals surface area contributed by atoms with Gasteiger partial charge in [0, 0.05) is 27.7 Å². The van der Waals surface area contributed by atoms with Gasteiger partial charge in [0.25, 0.3) is 0 Å². The van der Waals surface area contributed by atoms with Crippen LogP contribution in [0.4, 0.5) is 0 Å². The molecule has 1 heterocycles. The smallest absolute Gasteiger partial charge is 0.205 e. The maximum absolute atomic E-state index is 12.8. The standard InChI is InChI=1S/C20H12ClN3O2/c21-15-4-5-17-18(12-24-19(17)10-15)20(25)14(11-23)8-13-2-1-3-16(9-13)26-7-6-22/h1-5,8-10,12,24H,7H2/b14-8-. The summed E-state index contributed by atoms with van der Waals surface area (Å²) in [6.07, 6.45) is 3.07. The number of nitrogens with one attached hydrogen (secondary N) is 1. The van der Waals surface area contributed by atoms with Gasteiger partial charge >= 0.3 is 0 Å². The van der Waals surface area contributed by atoms with Gasteiger partial charge in [0.1, 0.15) is 23.5 Å². The van der Waals surface area contributed by atoms with Gasteiger partial charge in [-0.3, -0.25) is 4.79 Å². The van der Waals surface area contributed by atoms with E-state index in [-0.39, 0.29) is 18.0 Å². The summed E-state index contributed by atoms with van der Waals surface area (Å²) >= 11 is 5.96. The topological polar surface area (TPSA) is 89.7 Å². The largest absolute Gasteiger partial charge is 0.479 e. The maximum Gasteiger partial charge on any atom is 0.205 e. The van der Waals surface area contributed by atoms with Crippen molar-refractivity contribution in [2.24, 2.45) is 0 Å². The normalized spacial score (nSPS) is 11.0. The van der Waals surface area contributed by atoms with E-state index in [9.17, 15) is 10.1 Å². The molecule has 6 heteroatoms. The molecule has 0 unspecified atom stereocenters. The number of fused-ring (bicyclic) bond motifs is 1. The van der Waals surface area contributed by atoms with E-state index in [1.54, 1.807) is 48.7 Å². The van der Waals surface area contributed by atoms with E-state index < -0.39 is 0 Å². The molecule has 0 amide bonds. The molecule has 3 aromatic rings. The van der Waals surface area contributed by atoms with Crippen LogP contribution in [0, 0.1) is 22.7 Å². The number of ether oxygens (including phenoxy) is 1. The molecule has 0 saturated carbocycles. The van der Waals surface area contributed by atoms with Gasteiger partial charge in [0.2, 0.25) is 5.78 Å². The zero-order valence-electron chi connectivity index (χ0n) is 13.5. The molecule has 1 N–H and O–H groups in total. The molecule has 0 atom stereocenters. The second-order valence-electron chi connectivity index (χ2n) is 5.41. The lowest BCUT2D eigenvalue weighted by Crippen LogP contribution is -2.01. The highest BCUT2D eigenvalue weighted by Crippen LogP contribution is 2.25. The van der Waals surface area contributed by atoms with Gasteiger partial charge in [-0.05, 0) is 35.9 Å². The van der Waals surface area contributed by atoms with Crippen LogP contribution in [-0.4, -0.2) is 17.4 Å². The van der Waals surface area contributed by atoms with Gasteiger partial charge in [-0.25, -0.2) is 0 Å². The van der Waals surface area contributed by atoms with Crippen molar-refractivity contribution in [1.82, 2.24) is 4.98 Å². The number of carbonyl (C=O) groups excluding carboxylic acids is 1. The number of aromatic nitrogens is 1. The van der Waals surface area contributed by atoms with E-state index in [0.717, 1.165) is 5.52 Å². The average Bonchev–Trinajstić information content (AvgIpc) is 3.07. The van der Waals surface area contributed by atoms with Crippen LogP contribution in [0.2, 0.25) is 5.02 Å². The summed E-state index contributed by atoms with van der Waals surface area (Å²) in [5.74, 6) is 0.108. The number of hydrogen-bond donors (Lipinski definition) is 1. The van der Waals surface area contributed by atoms with Gasteiger partial charge in [-0.15, -0.1) is 0 Å². The minimum absolute atomic E-state index is 0.00159. The SMILES string of the molecule is N#CCOc1cccc(/C=C(/C#N)C(=O)c2c[nH]c3cc(Cl)ccc23)c1. The number of allylic oxidation sites excluding steroid dienone is 1. The number of carbonyl (C=O) groups is 1. The van der Waals surface area contributed by atoms with E-state index in [0.29, 0.717) is 27.3 Å². The second kappa shape index (κ2) is 7.57. The van der Waals surface area contributed by atoms with Crippen molar-refractivity contribution in [3.05, 3.63) is 70.4 Å². The van der Waals surface area contributed by atoms with Crippen molar-refractivity contribution >= 4 is 34.4 Å². The number of H-pyrrole nitrogens is 1. The predicted molar refractivity (Wildman–Crippen MR) is 98.8 cm³/mol. The number of aromatic amines is 1. The van der Waals surface area contributed by atoms with E-state index in [1.807, 2.05) is 12.1 Å². The summed E-state index contributed by atoms with van der Waals surface area (Å²) in [7, 11) is 0. The predicted octanol–water partition coefficient (Wildman–Crippen LogP) is 4.51. The molecule has 0 bridgehead atoms. The Balaban J connectivity index is 1.95. The Labute approximate surface area is 154 Å². The minimum atomic E-state index is -0.385. The highest BCUT2D eigenvalue weighted by molar-refractivity contribution is 6.31. The molecule has 0 radical (unpaired) electrons. The monoisotopic (exact) mass is 361 g/mol. The summed E-state index contributed by atoms with van der Waals surface area (Å²) in [5.41, 5.74) is 1.76. The quantitative estimate of drug-likeness (QED) is 0.411. The minimum Gasteiger partial charge on any atom is -0.479 e. The number of hydrogen-bond acceptors (Lipinski definition) is 4. The molecular weight excluding hydrogens is 350 g/mol. The van der Waals surface area contributed by atoms with Crippen LogP contribution >= 0.6 is 11.6 Å². The molecule has 0 spiro atoms. The lowest BCUT2D eigenvalue weighted by Gasteiger charge is -2.03. The lowest BCUT2D eigenvalue weighted by molar-refractivity contribution is 0.104. The van der Waals surface area contributed by atoms with Gasteiger partial charge in [-0.1, -0.05) is 29.8 Å². The van der Waals surface area contributed by atoms with Gasteiger partial charge < -0.3 is 9.72 Å². The highest BCUT2D eigenvalue weighted by Gasteiger charge is 2.17. The summed E-state index contributed by atoms with van der Waals surface area (Å²) in [6, 6.07) is 15.8. The molecule has 3 rings (SSSR count). The fourth-order valence-corrected chi connectivity index (χ4v) is 2.73. The molecule has 26 heavy (non-hydrogen) atoms. The molecule has 1 aromatic heterocycles. The Morgan fingerprint density at radius 3 is 2.85 bits per heavy atom. The first-order valence-corrected chi connectivity index (χ1v) is 8.03. The Hall–Kier alpha value is -3.54. The summed E-state index contributed by atoms with van der Waals surface area (Å²) < 4.78 is 5.24. The molecule has 0 aliphatic heterocycles. The Bertz CT molecular complexity index is 1100. The number of nitrogens with zero attached hydrogens (tertiary/aromatic N) is 2. The van der Waals surface area contributed by atoms with Gasteiger partial charge in [0.15, 0.2) is 6.61 Å². The van der Waals surface area contributed by atoms with E-state index in [2.05, 4.69) is 4.98 Å². The first-order valence-electron chi connectivity index (χ1n) is 7.65. The Kier molecular flexibility index (Phi) is 5.03. The van der Waals surface area contributed by atoms with Crippen molar-refractivity contribution < 1.29 is 9.53 Å². The van der Waals surface area contributed by atoms with Crippen LogP contribution < -0.4 is 4.74 Å². The van der Waals surface area contributed by atoms with Crippen molar-refractivity contribution in [2.45, 2.75) is 0 Å². The molecular formula is C20H12ClN3O2. The third kappa shape index (κ3) is 3.59. The number of nitriles is 2. The van der Waals surface area contributed by atoms with Crippen molar-refractivity contribution in [3.8, 4) is 17.9 Å². The van der Waals surface area contributed by atoms with Gasteiger partial charge in [-0.2, -0.15) is 10.5 Å². The zero-order valence-corrected chi connectivity index (χ0v) is 14.2. The summed E-state index contributed by atoms with van der Waals surface area (Å²) in [6.45, 7) is -0.0743. The fraction of sp³-hybridized carbons (Fsp3) is 0.0500. The number of Topliss-reactive ketones (excluding diaryl/α,β-unsaturated/α-hetero) is 1. The van der Waals surface area contributed by atoms with Crippen LogP contribution in [-0.2, 0) is 0 Å². The van der Waals surface area contributed by atoms with E-state index in [1.165, 1.54) is 6.08 Å². The fourth-order valence-electron chi connectivity index (χ4n) is 2.56. The van der Waals surface area contributed by atoms with Crippen LogP contribution in [0.5, 0.6) is 5.75 Å². The van der Waals surface area contributed by atoms with Crippen molar-refractivity contribution in [2.75, 3.05) is 6.61 Å². The van der Waals surface area contributed by atoms with Crippen LogP contribution in [0.3, 0.4) is 0 Å². The Morgan fingerprint density at radius 1 is 1.23 bits per heavy atom. The molecule has 0 aliphatic carbocycles. The summed E-state index contributed by atoms with van der Waals surface area (Å²) in [4.78, 5) is 15.8. The Morgan fingerprint density at radius 2 is 2.08 bits per heavy atom. The molecule has 2 aromatic carbocycles. The van der Waals surface area contributed by atoms with Crippen molar-refractivity contribution in [1.29, 1.82) is 10.5 Å². The first kappa shape index (κ1) is 17.3. The zero-order chi connectivity index (χ0) is 18.5. The molecule has 0 aliphatic rings. The number of benzene rings is 2. The van der Waals surface area contributed by atoms with E-state index in [4.69, 9.17) is 21.6 Å².